The van der Waals surface area contributed by atoms with E-state index in [4.69, 9.17) is 4.74 Å². The first kappa shape index (κ1) is 14.3. The maximum atomic E-state index is 12.3. The molecule has 0 saturated heterocycles. The van der Waals surface area contributed by atoms with Crippen LogP contribution in [0, 0.1) is 0 Å². The van der Waals surface area contributed by atoms with Gasteiger partial charge in [-0.25, -0.2) is 4.79 Å². The summed E-state index contributed by atoms with van der Waals surface area (Å²) in [4.78, 5) is 25.6. The summed E-state index contributed by atoms with van der Waals surface area (Å²) >= 11 is 0. The number of ether oxygens (including phenoxy) is 1. The highest BCUT2D eigenvalue weighted by Gasteiger charge is 2.37. The Bertz CT molecular complexity index is 555. The number of ketones is 1. The smallest absolute Gasteiger partial charge is 0.415 e. The van der Waals surface area contributed by atoms with Crippen molar-refractivity contribution >= 4 is 17.6 Å². The molecule has 1 aromatic rings. The van der Waals surface area contributed by atoms with E-state index in [2.05, 4.69) is 0 Å². The van der Waals surface area contributed by atoms with Crippen LogP contribution in [0.3, 0.4) is 0 Å². The van der Waals surface area contributed by atoms with Crippen molar-refractivity contribution in [3.63, 3.8) is 0 Å². The van der Waals surface area contributed by atoms with E-state index in [1.54, 1.807) is 27.7 Å². The topological polar surface area (TPSA) is 46.6 Å². The minimum absolute atomic E-state index is 0.0882. The van der Waals surface area contributed by atoms with Gasteiger partial charge in [0.1, 0.15) is 11.6 Å². The largest absolute Gasteiger partial charge is 0.443 e. The van der Waals surface area contributed by atoms with Gasteiger partial charge in [0.2, 0.25) is 0 Å². The van der Waals surface area contributed by atoms with Crippen LogP contribution in [-0.4, -0.2) is 28.4 Å². The normalized spacial score (nSPS) is 19.0. The summed E-state index contributed by atoms with van der Waals surface area (Å²) in [6, 6.07) is 8.85. The zero-order valence-corrected chi connectivity index (χ0v) is 12.2. The van der Waals surface area contributed by atoms with Crippen molar-refractivity contribution in [2.24, 2.45) is 0 Å². The number of carbonyl (C=O) groups excluding carboxylic acids is 2. The molecule has 2 rings (SSSR count). The van der Waals surface area contributed by atoms with Gasteiger partial charge in [-0.05, 0) is 33.3 Å². The highest BCUT2D eigenvalue weighted by Crippen LogP contribution is 2.29. The van der Waals surface area contributed by atoms with E-state index in [0.717, 1.165) is 5.56 Å². The summed E-state index contributed by atoms with van der Waals surface area (Å²) < 4.78 is 5.39. The minimum Gasteiger partial charge on any atom is -0.443 e. The van der Waals surface area contributed by atoms with Gasteiger partial charge in [-0.3, -0.25) is 9.69 Å². The quantitative estimate of drug-likeness (QED) is 0.789. The second kappa shape index (κ2) is 5.12. The number of nitrogens with zero attached hydrogens (tertiary/aromatic N) is 1. The Kier molecular flexibility index (Phi) is 3.66. The van der Waals surface area contributed by atoms with Crippen LogP contribution in [0.1, 0.15) is 33.3 Å². The van der Waals surface area contributed by atoms with Gasteiger partial charge in [-0.1, -0.05) is 30.3 Å². The molecular formula is C16H19NO3. The number of hydrogen-bond donors (Lipinski definition) is 0. The first-order valence-electron chi connectivity index (χ1n) is 6.63. The maximum absolute atomic E-state index is 12.3. The van der Waals surface area contributed by atoms with Crippen molar-refractivity contribution < 1.29 is 14.3 Å². The van der Waals surface area contributed by atoms with E-state index in [0.29, 0.717) is 5.70 Å². The number of carbonyl (C=O) groups is 2. The van der Waals surface area contributed by atoms with Crippen LogP contribution in [0.2, 0.25) is 0 Å². The van der Waals surface area contributed by atoms with Gasteiger partial charge in [0.25, 0.3) is 0 Å². The van der Waals surface area contributed by atoms with Crippen LogP contribution in [0.5, 0.6) is 0 Å². The molecule has 1 amide bonds. The van der Waals surface area contributed by atoms with Crippen molar-refractivity contribution in [1.82, 2.24) is 4.90 Å². The molecule has 0 aliphatic carbocycles. The summed E-state index contributed by atoms with van der Waals surface area (Å²) in [7, 11) is 0. The molecule has 0 fully saturated rings. The lowest BCUT2D eigenvalue weighted by molar-refractivity contribution is -0.116. The minimum atomic E-state index is -0.593. The van der Waals surface area contributed by atoms with Crippen LogP contribution in [0.25, 0.3) is 5.70 Å². The highest BCUT2D eigenvalue weighted by atomic mass is 16.6. The predicted molar refractivity (Wildman–Crippen MR) is 77.0 cm³/mol. The van der Waals surface area contributed by atoms with E-state index in [1.807, 2.05) is 30.3 Å². The monoisotopic (exact) mass is 273 g/mol. The fourth-order valence-electron chi connectivity index (χ4n) is 2.06. The number of rotatable bonds is 1. The van der Waals surface area contributed by atoms with E-state index in [1.165, 1.54) is 11.0 Å². The molecule has 1 unspecified atom stereocenters. The summed E-state index contributed by atoms with van der Waals surface area (Å²) in [5, 5.41) is 0. The van der Waals surface area contributed by atoms with Crippen molar-refractivity contribution in [1.29, 1.82) is 0 Å². The zero-order valence-electron chi connectivity index (χ0n) is 12.2. The standard InChI is InChI=1S/C16H19NO3/c1-11-14(18)10-13(12-8-6-5-7-9-12)17(11)15(19)20-16(2,3)4/h5-11H,1-4H3. The Morgan fingerprint density at radius 3 is 2.35 bits per heavy atom. The number of hydrogen-bond acceptors (Lipinski definition) is 3. The number of amides is 1. The molecule has 20 heavy (non-hydrogen) atoms. The van der Waals surface area contributed by atoms with Gasteiger partial charge in [0.15, 0.2) is 5.78 Å². The highest BCUT2D eigenvalue weighted by molar-refractivity contribution is 6.08. The molecular weight excluding hydrogens is 254 g/mol. The third kappa shape index (κ3) is 2.90. The van der Waals surface area contributed by atoms with Gasteiger partial charge < -0.3 is 4.74 Å². The van der Waals surface area contributed by atoms with Crippen molar-refractivity contribution in [3.05, 3.63) is 42.0 Å². The molecule has 1 heterocycles. The summed E-state index contributed by atoms with van der Waals surface area (Å²) in [6.45, 7) is 7.12. The summed E-state index contributed by atoms with van der Waals surface area (Å²) in [5.74, 6) is -0.0882. The van der Waals surface area contributed by atoms with Crippen molar-refractivity contribution in [2.75, 3.05) is 0 Å². The van der Waals surface area contributed by atoms with Crippen LogP contribution in [0.4, 0.5) is 4.79 Å². The number of benzene rings is 1. The van der Waals surface area contributed by atoms with E-state index in [-0.39, 0.29) is 5.78 Å². The summed E-state index contributed by atoms with van der Waals surface area (Å²) in [6.07, 6.45) is 1.01. The molecule has 4 heteroatoms. The molecule has 0 spiro atoms. The fourth-order valence-corrected chi connectivity index (χ4v) is 2.06. The van der Waals surface area contributed by atoms with E-state index < -0.39 is 17.7 Å². The molecule has 4 nitrogen and oxygen atoms in total. The molecule has 0 N–H and O–H groups in total. The Labute approximate surface area is 119 Å². The summed E-state index contributed by atoms with van der Waals surface area (Å²) in [5.41, 5.74) is 0.831. The Hall–Kier alpha value is -2.10. The average molecular weight is 273 g/mol. The van der Waals surface area contributed by atoms with Crippen LogP contribution in [-0.2, 0) is 9.53 Å². The first-order valence-corrected chi connectivity index (χ1v) is 6.63. The Morgan fingerprint density at radius 1 is 1.20 bits per heavy atom. The lowest BCUT2D eigenvalue weighted by Gasteiger charge is -2.28. The lowest BCUT2D eigenvalue weighted by atomic mass is 10.1. The predicted octanol–water partition coefficient (Wildman–Crippen LogP) is 3.24. The van der Waals surface area contributed by atoms with Gasteiger partial charge in [0.05, 0.1) is 5.70 Å². The van der Waals surface area contributed by atoms with E-state index in [9.17, 15) is 9.59 Å². The molecule has 0 saturated carbocycles. The van der Waals surface area contributed by atoms with Gasteiger partial charge in [-0.15, -0.1) is 0 Å². The molecule has 1 atom stereocenters. The van der Waals surface area contributed by atoms with Crippen molar-refractivity contribution in [2.45, 2.75) is 39.3 Å². The SMILES string of the molecule is CC1C(=O)C=C(c2ccccc2)N1C(=O)OC(C)(C)C. The molecule has 0 bridgehead atoms. The van der Waals surface area contributed by atoms with Gasteiger partial charge in [0, 0.05) is 6.08 Å². The van der Waals surface area contributed by atoms with Crippen LogP contribution in [0.15, 0.2) is 36.4 Å². The third-order valence-electron chi connectivity index (χ3n) is 3.00. The van der Waals surface area contributed by atoms with Crippen LogP contribution < -0.4 is 0 Å². The van der Waals surface area contributed by atoms with Gasteiger partial charge >= 0.3 is 6.09 Å². The molecule has 0 radical (unpaired) electrons. The fraction of sp³-hybridized carbons (Fsp3) is 0.375. The van der Waals surface area contributed by atoms with Gasteiger partial charge in [-0.2, -0.15) is 0 Å². The molecule has 1 aromatic carbocycles. The van der Waals surface area contributed by atoms with Crippen molar-refractivity contribution in [3.8, 4) is 0 Å². The molecule has 0 aromatic heterocycles. The van der Waals surface area contributed by atoms with E-state index >= 15 is 0 Å². The Morgan fingerprint density at radius 2 is 1.80 bits per heavy atom. The van der Waals surface area contributed by atoms with Crippen LogP contribution >= 0.6 is 0 Å². The third-order valence-corrected chi connectivity index (χ3v) is 3.00. The average Bonchev–Trinajstić information content (AvgIpc) is 2.65. The second-order valence-corrected chi connectivity index (χ2v) is 5.82. The second-order valence-electron chi connectivity index (χ2n) is 5.82. The molecule has 106 valence electrons. The Balaban J connectivity index is 2.33. The molecule has 1 aliphatic heterocycles. The molecule has 1 aliphatic rings. The maximum Gasteiger partial charge on any atom is 0.415 e. The zero-order chi connectivity index (χ0) is 14.9. The first-order chi connectivity index (χ1) is 9.29. The lowest BCUT2D eigenvalue weighted by Crippen LogP contribution is -2.40.